The van der Waals surface area contributed by atoms with Gasteiger partial charge in [-0.3, -0.25) is 0 Å². The molecule has 0 aliphatic heterocycles. The van der Waals surface area contributed by atoms with Crippen LogP contribution in [0.2, 0.25) is 5.02 Å². The van der Waals surface area contributed by atoms with E-state index in [0.717, 1.165) is 19.6 Å². The van der Waals surface area contributed by atoms with E-state index in [-0.39, 0.29) is 0 Å². The molecule has 1 aliphatic carbocycles. The van der Waals surface area contributed by atoms with Crippen LogP contribution in [-0.4, -0.2) is 37.3 Å². The minimum Gasteiger partial charge on any atom is -0.385 e. The Hall–Kier alpha value is -1.07. The Balaban J connectivity index is 1.93. The lowest BCUT2D eigenvalue weighted by Gasteiger charge is -2.16. The van der Waals surface area contributed by atoms with E-state index in [1.807, 2.05) is 0 Å². The second-order valence-corrected chi connectivity index (χ2v) is 5.14. The maximum atomic E-state index is 6.07. The minimum atomic E-state index is 0.365. The fraction of sp³-hybridized carbons (Fsp3) is 0.667. The number of halogens is 1. The zero-order valence-electron chi connectivity index (χ0n) is 10.8. The Bertz CT molecular complexity index is 409. The molecule has 0 aromatic carbocycles. The van der Waals surface area contributed by atoms with Crippen molar-refractivity contribution in [2.45, 2.75) is 19.3 Å². The highest BCUT2D eigenvalue weighted by atomic mass is 35.5. The zero-order chi connectivity index (χ0) is 13.0. The van der Waals surface area contributed by atoms with Gasteiger partial charge in [0.05, 0.1) is 6.20 Å². The van der Waals surface area contributed by atoms with Crippen molar-refractivity contribution in [3.8, 4) is 0 Å². The van der Waals surface area contributed by atoms with Gasteiger partial charge in [0, 0.05) is 27.3 Å². The van der Waals surface area contributed by atoms with Crippen molar-refractivity contribution in [1.82, 2.24) is 9.97 Å². The van der Waals surface area contributed by atoms with Crippen LogP contribution in [0.15, 0.2) is 6.20 Å². The van der Waals surface area contributed by atoms with Crippen molar-refractivity contribution < 1.29 is 4.74 Å². The molecule has 1 aromatic rings. The average Bonchev–Trinajstić information content (AvgIpc) is 3.16. The summed E-state index contributed by atoms with van der Waals surface area (Å²) in [5.41, 5.74) is 0.365. The highest BCUT2D eigenvalue weighted by Gasteiger charge is 2.41. The van der Waals surface area contributed by atoms with Crippen LogP contribution < -0.4 is 10.6 Å². The van der Waals surface area contributed by atoms with E-state index >= 15 is 0 Å². The summed E-state index contributed by atoms with van der Waals surface area (Å²) in [7, 11) is 3.53. The van der Waals surface area contributed by atoms with Crippen LogP contribution in [0.1, 0.15) is 19.3 Å². The second kappa shape index (κ2) is 5.71. The third kappa shape index (κ3) is 3.23. The molecule has 5 nitrogen and oxygen atoms in total. The summed E-state index contributed by atoms with van der Waals surface area (Å²) in [6.45, 7) is 1.69. The molecule has 0 saturated heterocycles. The van der Waals surface area contributed by atoms with Crippen LogP contribution in [0.25, 0.3) is 0 Å². The summed E-state index contributed by atoms with van der Waals surface area (Å²) in [6, 6.07) is 0. The lowest BCUT2D eigenvalue weighted by Crippen LogP contribution is -2.18. The Morgan fingerprint density at radius 2 is 2.28 bits per heavy atom. The van der Waals surface area contributed by atoms with Crippen molar-refractivity contribution in [3.05, 3.63) is 11.2 Å². The highest BCUT2D eigenvalue weighted by Crippen LogP contribution is 2.48. The molecule has 0 radical (unpaired) electrons. The molecule has 100 valence electrons. The molecule has 1 aliphatic rings. The highest BCUT2D eigenvalue weighted by molar-refractivity contribution is 6.32. The zero-order valence-corrected chi connectivity index (χ0v) is 11.5. The summed E-state index contributed by atoms with van der Waals surface area (Å²) < 4.78 is 5.14. The third-order valence-corrected chi connectivity index (χ3v) is 3.67. The topological polar surface area (TPSA) is 59.1 Å². The molecular formula is C12H19ClN4O. The van der Waals surface area contributed by atoms with E-state index in [1.54, 1.807) is 20.4 Å². The first-order valence-electron chi connectivity index (χ1n) is 6.12. The second-order valence-electron chi connectivity index (χ2n) is 4.74. The molecule has 1 fully saturated rings. The normalized spacial score (nSPS) is 16.4. The molecule has 0 bridgehead atoms. The van der Waals surface area contributed by atoms with E-state index in [2.05, 4.69) is 20.6 Å². The van der Waals surface area contributed by atoms with Crippen LogP contribution in [-0.2, 0) is 4.74 Å². The van der Waals surface area contributed by atoms with E-state index in [0.29, 0.717) is 22.2 Å². The molecule has 0 unspecified atom stereocenters. The van der Waals surface area contributed by atoms with E-state index in [1.165, 1.54) is 12.8 Å². The number of aromatic nitrogens is 2. The molecule has 1 aromatic heterocycles. The number of nitrogens with zero attached hydrogens (tertiary/aromatic N) is 2. The van der Waals surface area contributed by atoms with Crippen molar-refractivity contribution in [1.29, 1.82) is 0 Å². The van der Waals surface area contributed by atoms with Gasteiger partial charge in [0.2, 0.25) is 5.95 Å². The van der Waals surface area contributed by atoms with Gasteiger partial charge in [0.1, 0.15) is 5.02 Å². The summed E-state index contributed by atoms with van der Waals surface area (Å²) >= 11 is 6.07. The van der Waals surface area contributed by atoms with Crippen molar-refractivity contribution in [2.24, 2.45) is 5.41 Å². The Kier molecular flexibility index (Phi) is 4.24. The predicted octanol–water partition coefficient (Wildman–Crippen LogP) is 2.40. The van der Waals surface area contributed by atoms with Crippen LogP contribution in [0.5, 0.6) is 0 Å². The van der Waals surface area contributed by atoms with Gasteiger partial charge in [-0.05, 0) is 24.7 Å². The predicted molar refractivity (Wildman–Crippen MR) is 73.2 cm³/mol. The van der Waals surface area contributed by atoms with E-state index < -0.39 is 0 Å². The molecule has 6 heteroatoms. The summed E-state index contributed by atoms with van der Waals surface area (Å²) in [6.07, 6.45) is 5.17. The van der Waals surface area contributed by atoms with Crippen LogP contribution >= 0.6 is 11.6 Å². The Labute approximate surface area is 112 Å². The van der Waals surface area contributed by atoms with Gasteiger partial charge >= 0.3 is 0 Å². The molecule has 0 spiro atoms. The molecule has 1 heterocycles. The van der Waals surface area contributed by atoms with E-state index in [4.69, 9.17) is 16.3 Å². The van der Waals surface area contributed by atoms with Crippen LogP contribution in [0.4, 0.5) is 11.8 Å². The number of rotatable bonds is 7. The maximum Gasteiger partial charge on any atom is 0.224 e. The molecule has 2 rings (SSSR count). The third-order valence-electron chi connectivity index (χ3n) is 3.39. The molecule has 1 saturated carbocycles. The number of anilines is 2. The average molecular weight is 271 g/mol. The van der Waals surface area contributed by atoms with Crippen LogP contribution in [0.3, 0.4) is 0 Å². The number of hydrogen-bond donors (Lipinski definition) is 2. The molecule has 0 atom stereocenters. The number of ether oxygens (including phenoxy) is 1. The number of methoxy groups -OCH3 is 1. The molecule has 2 N–H and O–H groups in total. The smallest absolute Gasteiger partial charge is 0.224 e. The minimum absolute atomic E-state index is 0.365. The molecule has 0 amide bonds. The standard InChI is InChI=1S/C12H19ClN4O/c1-14-11-15-7-9(13)10(17-11)16-8-12(3-4-12)5-6-18-2/h7H,3-6,8H2,1-2H3,(H2,14,15,16,17). The van der Waals surface area contributed by atoms with Gasteiger partial charge < -0.3 is 15.4 Å². The monoisotopic (exact) mass is 270 g/mol. The van der Waals surface area contributed by atoms with Gasteiger partial charge in [-0.1, -0.05) is 11.6 Å². The lowest BCUT2D eigenvalue weighted by atomic mass is 10.0. The van der Waals surface area contributed by atoms with Gasteiger partial charge in [0.25, 0.3) is 0 Å². The quantitative estimate of drug-likeness (QED) is 0.797. The summed E-state index contributed by atoms with van der Waals surface area (Å²) in [5.74, 6) is 1.27. The Morgan fingerprint density at radius 3 is 2.89 bits per heavy atom. The van der Waals surface area contributed by atoms with Crippen LogP contribution in [0, 0.1) is 5.41 Å². The first-order chi connectivity index (χ1) is 8.69. The van der Waals surface area contributed by atoms with Crippen molar-refractivity contribution >= 4 is 23.4 Å². The summed E-state index contributed by atoms with van der Waals surface area (Å²) in [5, 5.41) is 6.77. The first-order valence-corrected chi connectivity index (χ1v) is 6.50. The SMILES string of the molecule is CNc1ncc(Cl)c(NCC2(CCOC)CC2)n1. The van der Waals surface area contributed by atoms with Crippen molar-refractivity contribution in [2.75, 3.05) is 37.9 Å². The van der Waals surface area contributed by atoms with Gasteiger partial charge in [-0.15, -0.1) is 0 Å². The van der Waals surface area contributed by atoms with E-state index in [9.17, 15) is 0 Å². The molecule has 18 heavy (non-hydrogen) atoms. The largest absolute Gasteiger partial charge is 0.385 e. The maximum absolute atomic E-state index is 6.07. The van der Waals surface area contributed by atoms with Gasteiger partial charge in [-0.2, -0.15) is 4.98 Å². The fourth-order valence-corrected chi connectivity index (χ4v) is 2.05. The number of hydrogen-bond acceptors (Lipinski definition) is 5. The first kappa shape index (κ1) is 13.4. The number of nitrogens with one attached hydrogen (secondary N) is 2. The van der Waals surface area contributed by atoms with Gasteiger partial charge in [-0.25, -0.2) is 4.98 Å². The lowest BCUT2D eigenvalue weighted by molar-refractivity contribution is 0.175. The van der Waals surface area contributed by atoms with Gasteiger partial charge in [0.15, 0.2) is 5.82 Å². The Morgan fingerprint density at radius 1 is 1.50 bits per heavy atom. The van der Waals surface area contributed by atoms with Crippen molar-refractivity contribution in [3.63, 3.8) is 0 Å². The summed E-state index contributed by atoms with van der Waals surface area (Å²) in [4.78, 5) is 8.36. The molecular weight excluding hydrogens is 252 g/mol. The fourth-order valence-electron chi connectivity index (χ4n) is 1.89.